The van der Waals surface area contributed by atoms with Gasteiger partial charge in [-0.2, -0.15) is 11.8 Å². The van der Waals surface area contributed by atoms with Gasteiger partial charge in [-0.25, -0.2) is 0 Å². The van der Waals surface area contributed by atoms with Crippen molar-refractivity contribution in [1.82, 2.24) is 0 Å². The molecule has 0 amide bonds. The summed E-state index contributed by atoms with van der Waals surface area (Å²) in [7, 11) is 0. The Bertz CT molecular complexity index is 742. The van der Waals surface area contributed by atoms with Gasteiger partial charge in [0, 0.05) is 6.42 Å². The maximum absolute atomic E-state index is 10.6. The zero-order valence-corrected chi connectivity index (χ0v) is 20.4. The molecule has 0 aliphatic carbocycles. The van der Waals surface area contributed by atoms with Gasteiger partial charge in [0.2, 0.25) is 0 Å². The number of thioether (sulfide) groups is 1. The second kappa shape index (κ2) is 13.9. The van der Waals surface area contributed by atoms with Crippen molar-refractivity contribution >= 4 is 23.3 Å². The van der Waals surface area contributed by atoms with E-state index in [2.05, 4.69) is 67.2 Å². The summed E-state index contributed by atoms with van der Waals surface area (Å²) in [4.78, 5) is 10.6. The average Bonchev–Trinajstić information content (AvgIpc) is 3.40. The van der Waals surface area contributed by atoms with Gasteiger partial charge >= 0.3 is 5.97 Å². The second-order valence-electron chi connectivity index (χ2n) is 9.10. The first kappa shape index (κ1) is 25.1. The van der Waals surface area contributed by atoms with Gasteiger partial charge in [0.25, 0.3) is 0 Å². The first-order chi connectivity index (χ1) is 15.7. The Kier molecular flexibility index (Phi) is 10.9. The number of benzene rings is 1. The lowest BCUT2D eigenvalue weighted by molar-refractivity contribution is -0.137. The highest BCUT2D eigenvalue weighted by molar-refractivity contribution is 7.99. The molecule has 2 bridgehead atoms. The van der Waals surface area contributed by atoms with Gasteiger partial charge in [0.1, 0.15) is 0 Å². The van der Waals surface area contributed by atoms with Crippen molar-refractivity contribution in [3.8, 4) is 0 Å². The minimum atomic E-state index is -0.699. The highest BCUT2D eigenvalue weighted by atomic mass is 32.2. The molecule has 1 N–H and O–H groups in total. The van der Waals surface area contributed by atoms with E-state index in [4.69, 9.17) is 9.84 Å². The molecule has 0 saturated carbocycles. The molecule has 2 aliphatic heterocycles. The molecule has 3 rings (SSSR count). The maximum Gasteiger partial charge on any atom is 0.303 e. The summed E-state index contributed by atoms with van der Waals surface area (Å²) < 4.78 is 6.25. The van der Waals surface area contributed by atoms with Crippen LogP contribution in [-0.2, 0) is 9.53 Å². The van der Waals surface area contributed by atoms with E-state index in [-0.39, 0.29) is 6.42 Å². The number of carboxylic acid groups (broad SMARTS) is 1. The molecule has 0 radical (unpaired) electrons. The fourth-order valence-electron chi connectivity index (χ4n) is 5.24. The molecular weight excluding hydrogens is 416 g/mol. The van der Waals surface area contributed by atoms with Crippen molar-refractivity contribution in [3.63, 3.8) is 0 Å². The van der Waals surface area contributed by atoms with E-state index >= 15 is 0 Å². The van der Waals surface area contributed by atoms with Crippen LogP contribution in [0.5, 0.6) is 0 Å². The van der Waals surface area contributed by atoms with Gasteiger partial charge in [-0.15, -0.1) is 0 Å². The zero-order valence-electron chi connectivity index (χ0n) is 19.6. The molecule has 2 heterocycles. The van der Waals surface area contributed by atoms with Gasteiger partial charge in [-0.1, -0.05) is 55.5 Å². The van der Waals surface area contributed by atoms with Crippen molar-refractivity contribution in [2.45, 2.75) is 83.3 Å². The summed E-state index contributed by atoms with van der Waals surface area (Å²) in [6, 6.07) is 10.7. The van der Waals surface area contributed by atoms with Crippen LogP contribution in [-0.4, -0.2) is 34.8 Å². The fraction of sp³-hybridized carbons (Fsp3) is 0.607. The van der Waals surface area contributed by atoms with Crippen LogP contribution in [0.2, 0.25) is 0 Å². The Balaban J connectivity index is 1.32. The number of allylic oxidation sites excluding steroid dienone is 4. The molecule has 0 spiro atoms. The van der Waals surface area contributed by atoms with Gasteiger partial charge in [-0.05, 0) is 92.3 Å². The lowest BCUT2D eigenvalue weighted by Crippen LogP contribution is -2.27. The molecule has 4 heteroatoms. The predicted octanol–water partition coefficient (Wildman–Crippen LogP) is 7.38. The number of carbonyl (C=O) groups is 1. The van der Waals surface area contributed by atoms with Crippen molar-refractivity contribution in [1.29, 1.82) is 0 Å². The number of hydrogen-bond donors (Lipinski definition) is 1. The van der Waals surface area contributed by atoms with Crippen LogP contribution in [0.25, 0.3) is 5.57 Å². The minimum Gasteiger partial charge on any atom is -0.481 e. The van der Waals surface area contributed by atoms with Crippen LogP contribution in [0.3, 0.4) is 0 Å². The molecular formula is C28H40O3S. The molecule has 1 aromatic rings. The minimum absolute atomic E-state index is 0.267. The molecule has 0 aromatic heterocycles. The van der Waals surface area contributed by atoms with Gasteiger partial charge in [0.15, 0.2) is 0 Å². The molecule has 3 nitrogen and oxygen atoms in total. The Morgan fingerprint density at radius 3 is 2.59 bits per heavy atom. The van der Waals surface area contributed by atoms with Crippen LogP contribution in [0.1, 0.15) is 76.7 Å². The lowest BCUT2D eigenvalue weighted by Gasteiger charge is -2.27. The monoisotopic (exact) mass is 456 g/mol. The summed E-state index contributed by atoms with van der Waals surface area (Å²) in [5, 5.41) is 8.74. The molecule has 1 aromatic carbocycles. The smallest absolute Gasteiger partial charge is 0.303 e. The van der Waals surface area contributed by atoms with E-state index in [1.54, 1.807) is 0 Å². The SMILES string of the molecule is CCC(=CCCCSCC[C@H]1[C@@H](C/C=C\CCCC(=O)O)[C@H]2CC[C@@H]1O2)c1ccccc1. The van der Waals surface area contributed by atoms with E-state index in [1.807, 2.05) is 0 Å². The molecule has 0 unspecified atom stereocenters. The number of hydrogen-bond acceptors (Lipinski definition) is 3. The first-order valence-electron chi connectivity index (χ1n) is 12.5. The largest absolute Gasteiger partial charge is 0.481 e. The van der Waals surface area contributed by atoms with Crippen LogP contribution >= 0.6 is 11.8 Å². The van der Waals surface area contributed by atoms with Gasteiger partial charge < -0.3 is 9.84 Å². The second-order valence-corrected chi connectivity index (χ2v) is 10.3. The number of ether oxygens (including phenoxy) is 1. The van der Waals surface area contributed by atoms with Crippen molar-refractivity contribution in [2.75, 3.05) is 11.5 Å². The lowest BCUT2D eigenvalue weighted by atomic mass is 9.76. The topological polar surface area (TPSA) is 46.5 Å². The van der Waals surface area contributed by atoms with Crippen molar-refractivity contribution in [3.05, 3.63) is 54.1 Å². The molecule has 32 heavy (non-hydrogen) atoms. The van der Waals surface area contributed by atoms with Crippen LogP contribution < -0.4 is 0 Å². The summed E-state index contributed by atoms with van der Waals surface area (Å²) >= 11 is 2.10. The highest BCUT2D eigenvalue weighted by Gasteiger charge is 2.47. The zero-order chi connectivity index (χ0) is 22.6. The highest BCUT2D eigenvalue weighted by Crippen LogP contribution is 2.47. The fourth-order valence-corrected chi connectivity index (χ4v) is 6.25. The third-order valence-electron chi connectivity index (χ3n) is 6.93. The Morgan fingerprint density at radius 1 is 1.06 bits per heavy atom. The van der Waals surface area contributed by atoms with E-state index < -0.39 is 5.97 Å². The third kappa shape index (κ3) is 7.81. The van der Waals surface area contributed by atoms with E-state index in [9.17, 15) is 4.79 Å². The Hall–Kier alpha value is -1.52. The molecule has 2 fully saturated rings. The van der Waals surface area contributed by atoms with E-state index in [1.165, 1.54) is 48.3 Å². The van der Waals surface area contributed by atoms with Crippen molar-refractivity contribution < 1.29 is 14.6 Å². The number of fused-ring (bicyclic) bond motifs is 2. The Morgan fingerprint density at radius 2 is 1.84 bits per heavy atom. The number of carboxylic acids is 1. The molecule has 2 saturated heterocycles. The van der Waals surface area contributed by atoms with Gasteiger partial charge in [0.05, 0.1) is 12.2 Å². The van der Waals surface area contributed by atoms with Crippen LogP contribution in [0, 0.1) is 11.8 Å². The number of unbranched alkanes of at least 4 members (excludes halogenated alkanes) is 2. The standard InChI is InChI=1S/C28H40O3S/c1-2-22(23-13-6-5-7-14-23)12-10-11-20-32-21-19-25-24(26-17-18-27(25)31-26)15-8-3-4-9-16-28(29)30/h3,5-8,12-14,24-27H,2,4,9-11,15-21H2,1H3,(H,29,30)/b8-3-,22-12?/t24-,25+,26-,27+/m1/s1. The summed E-state index contributed by atoms with van der Waals surface area (Å²) in [6.45, 7) is 2.24. The molecule has 176 valence electrons. The predicted molar refractivity (Wildman–Crippen MR) is 136 cm³/mol. The third-order valence-corrected chi connectivity index (χ3v) is 8.03. The normalized spacial score (nSPS) is 25.1. The first-order valence-corrected chi connectivity index (χ1v) is 13.7. The van der Waals surface area contributed by atoms with Crippen LogP contribution in [0.4, 0.5) is 0 Å². The summed E-state index contributed by atoms with van der Waals surface area (Å²) in [5.41, 5.74) is 2.83. The quantitative estimate of drug-likeness (QED) is 0.221. The number of aliphatic carboxylic acids is 1. The van der Waals surface area contributed by atoms with Crippen molar-refractivity contribution in [2.24, 2.45) is 11.8 Å². The summed E-state index contributed by atoms with van der Waals surface area (Å²) in [5.74, 6) is 3.13. The van der Waals surface area contributed by atoms with Gasteiger partial charge in [-0.3, -0.25) is 4.79 Å². The Labute approximate surface area is 198 Å². The maximum atomic E-state index is 10.6. The average molecular weight is 457 g/mol. The number of rotatable bonds is 15. The van der Waals surface area contributed by atoms with E-state index in [0.29, 0.717) is 24.0 Å². The van der Waals surface area contributed by atoms with E-state index in [0.717, 1.165) is 32.1 Å². The molecule has 2 aliphatic rings. The molecule has 4 atom stereocenters. The summed E-state index contributed by atoms with van der Waals surface area (Å²) in [6.07, 6.45) is 18.0. The van der Waals surface area contributed by atoms with Crippen LogP contribution in [0.15, 0.2) is 48.6 Å².